The monoisotopic (exact) mass is 552 g/mol. The van der Waals surface area contributed by atoms with E-state index in [1.165, 1.54) is 6.42 Å². The van der Waals surface area contributed by atoms with Crippen LogP contribution in [0, 0.1) is 62.2 Å². The number of hydrogen-bond donors (Lipinski definition) is 0. The SMILES string of the molecule is Cc1ccc(CC2C(=O)C3C(C(=O)Cc4cc(C)cc(C)c4)C4C=CC3(O4)C2C(=O)CC2CCCC(C)C2C)cc1. The smallest absolute Gasteiger partial charge is 0.144 e. The number of rotatable bonds is 8. The zero-order chi connectivity index (χ0) is 29.1. The first-order chi connectivity index (χ1) is 19.6. The average molecular weight is 553 g/mol. The molecule has 0 aromatic heterocycles. The van der Waals surface area contributed by atoms with E-state index in [0.29, 0.717) is 30.6 Å². The molecule has 41 heavy (non-hydrogen) atoms. The summed E-state index contributed by atoms with van der Waals surface area (Å²) in [6.45, 7) is 10.7. The van der Waals surface area contributed by atoms with Gasteiger partial charge in [-0.1, -0.05) is 98.0 Å². The predicted octanol–water partition coefficient (Wildman–Crippen LogP) is 6.75. The maximum absolute atomic E-state index is 14.4. The molecule has 4 nitrogen and oxygen atoms in total. The van der Waals surface area contributed by atoms with Gasteiger partial charge in [-0.3, -0.25) is 14.4 Å². The van der Waals surface area contributed by atoms with Gasteiger partial charge in [0.25, 0.3) is 0 Å². The predicted molar refractivity (Wildman–Crippen MR) is 161 cm³/mol. The van der Waals surface area contributed by atoms with Crippen molar-refractivity contribution in [3.8, 4) is 0 Å². The van der Waals surface area contributed by atoms with Crippen LogP contribution in [-0.2, 0) is 32.0 Å². The van der Waals surface area contributed by atoms with Gasteiger partial charge >= 0.3 is 0 Å². The number of Topliss-reactive ketones (excluding diaryl/α,β-unsaturated/α-hetero) is 3. The fraction of sp³-hybridized carbons (Fsp3) is 0.541. The number of benzene rings is 2. The molecular formula is C37H44O4. The van der Waals surface area contributed by atoms with Crippen LogP contribution >= 0.6 is 0 Å². The van der Waals surface area contributed by atoms with Gasteiger partial charge in [-0.2, -0.15) is 0 Å². The number of hydrogen-bond acceptors (Lipinski definition) is 4. The number of ketones is 3. The Morgan fingerprint density at radius 2 is 1.61 bits per heavy atom. The van der Waals surface area contributed by atoms with Gasteiger partial charge < -0.3 is 4.74 Å². The zero-order valence-electron chi connectivity index (χ0n) is 25.2. The summed E-state index contributed by atoms with van der Waals surface area (Å²) in [6.07, 6.45) is 8.22. The second-order valence-corrected chi connectivity index (χ2v) is 13.8. The molecule has 9 atom stereocenters. The van der Waals surface area contributed by atoms with E-state index in [1.807, 2.05) is 26.0 Å². The highest BCUT2D eigenvalue weighted by atomic mass is 16.5. The van der Waals surface area contributed by atoms with E-state index in [9.17, 15) is 14.4 Å². The van der Waals surface area contributed by atoms with Crippen LogP contribution in [0.2, 0.25) is 0 Å². The molecule has 0 amide bonds. The third kappa shape index (κ3) is 4.96. The molecule has 2 aromatic carbocycles. The van der Waals surface area contributed by atoms with Crippen molar-refractivity contribution < 1.29 is 19.1 Å². The van der Waals surface area contributed by atoms with Crippen LogP contribution < -0.4 is 0 Å². The fourth-order valence-corrected chi connectivity index (χ4v) is 8.78. The minimum atomic E-state index is -0.999. The lowest BCUT2D eigenvalue weighted by molar-refractivity contribution is -0.135. The van der Waals surface area contributed by atoms with Crippen LogP contribution in [0.3, 0.4) is 0 Å². The first-order valence-corrected chi connectivity index (χ1v) is 15.7. The molecule has 2 saturated carbocycles. The third-order valence-electron chi connectivity index (χ3n) is 10.9. The lowest BCUT2D eigenvalue weighted by Gasteiger charge is -2.36. The highest BCUT2D eigenvalue weighted by Gasteiger charge is 2.72. The molecule has 2 bridgehead atoms. The van der Waals surface area contributed by atoms with E-state index >= 15 is 0 Å². The van der Waals surface area contributed by atoms with Crippen molar-refractivity contribution in [2.24, 2.45) is 41.4 Å². The van der Waals surface area contributed by atoms with Crippen LogP contribution in [-0.4, -0.2) is 29.1 Å². The highest BCUT2D eigenvalue weighted by Crippen LogP contribution is 2.60. The zero-order valence-corrected chi connectivity index (χ0v) is 25.2. The lowest BCUT2D eigenvalue weighted by Crippen LogP contribution is -2.44. The molecule has 4 heteroatoms. The second kappa shape index (κ2) is 10.8. The summed E-state index contributed by atoms with van der Waals surface area (Å²) in [4.78, 5) is 42.7. The number of carbonyl (C=O) groups is 3. The number of carbonyl (C=O) groups excluding carboxylic acids is 3. The minimum absolute atomic E-state index is 0.0413. The largest absolute Gasteiger partial charge is 0.361 e. The lowest BCUT2D eigenvalue weighted by atomic mass is 9.68. The molecule has 216 valence electrons. The Bertz CT molecular complexity index is 1370. The van der Waals surface area contributed by atoms with Gasteiger partial charge in [0.15, 0.2) is 0 Å². The van der Waals surface area contributed by atoms with E-state index in [4.69, 9.17) is 4.74 Å². The maximum Gasteiger partial charge on any atom is 0.144 e. The topological polar surface area (TPSA) is 60.4 Å². The molecule has 4 aliphatic rings. The standard InChI is InChI=1S/C37H44O4/c1-21-9-11-26(12-10-21)18-29-34(31(39)20-28-8-6-7-24(4)25(28)5)37-14-13-32(41-37)33(35(37)36(29)40)30(38)19-27-16-22(2)15-23(3)17-27/h9-17,24-25,28-29,32-35H,6-8,18-20H2,1-5H3. The van der Waals surface area contributed by atoms with Crippen molar-refractivity contribution in [2.75, 3.05) is 0 Å². The quantitative estimate of drug-likeness (QED) is 0.340. The highest BCUT2D eigenvalue weighted by molar-refractivity contribution is 6.02. The van der Waals surface area contributed by atoms with Gasteiger partial charge in [0.2, 0.25) is 0 Å². The Balaban J connectivity index is 1.33. The van der Waals surface area contributed by atoms with Crippen LogP contribution in [0.25, 0.3) is 0 Å². The minimum Gasteiger partial charge on any atom is -0.361 e. The summed E-state index contributed by atoms with van der Waals surface area (Å²) in [5, 5.41) is 0. The second-order valence-electron chi connectivity index (χ2n) is 13.8. The Morgan fingerprint density at radius 1 is 0.902 bits per heavy atom. The maximum atomic E-state index is 14.4. The Morgan fingerprint density at radius 3 is 2.32 bits per heavy atom. The van der Waals surface area contributed by atoms with Crippen LogP contribution in [0.1, 0.15) is 67.3 Å². The summed E-state index contributed by atoms with van der Waals surface area (Å²) in [5.74, 6) is -0.510. The Hall–Kier alpha value is -2.85. The molecule has 1 spiro atoms. The molecule has 0 N–H and O–H groups in total. The van der Waals surface area contributed by atoms with Crippen molar-refractivity contribution in [3.63, 3.8) is 0 Å². The van der Waals surface area contributed by atoms with Crippen LogP contribution in [0.15, 0.2) is 54.6 Å². The van der Waals surface area contributed by atoms with Gasteiger partial charge in [-0.25, -0.2) is 0 Å². The molecule has 2 aliphatic heterocycles. The molecule has 3 fully saturated rings. The number of fused-ring (bicyclic) bond motifs is 1. The molecule has 6 rings (SSSR count). The van der Waals surface area contributed by atoms with E-state index in [1.54, 1.807) is 0 Å². The van der Waals surface area contributed by atoms with Gasteiger partial charge in [0.1, 0.15) is 23.0 Å². The summed E-state index contributed by atoms with van der Waals surface area (Å²) < 4.78 is 6.66. The molecule has 2 aliphatic carbocycles. The molecule has 1 saturated heterocycles. The van der Waals surface area contributed by atoms with Crippen molar-refractivity contribution in [1.29, 1.82) is 0 Å². The summed E-state index contributed by atoms with van der Waals surface area (Å²) in [6, 6.07) is 14.5. The Kier molecular flexibility index (Phi) is 7.43. The first kappa shape index (κ1) is 28.3. The van der Waals surface area contributed by atoms with Gasteiger partial charge in [-0.15, -0.1) is 0 Å². The van der Waals surface area contributed by atoms with E-state index in [0.717, 1.165) is 40.7 Å². The van der Waals surface area contributed by atoms with E-state index in [2.05, 4.69) is 63.2 Å². The van der Waals surface area contributed by atoms with Crippen molar-refractivity contribution in [2.45, 2.75) is 84.8 Å². The van der Waals surface area contributed by atoms with E-state index < -0.39 is 35.4 Å². The normalized spacial score (nSPS) is 35.6. The third-order valence-corrected chi connectivity index (χ3v) is 10.9. The van der Waals surface area contributed by atoms with E-state index in [-0.39, 0.29) is 23.8 Å². The average Bonchev–Trinajstić information content (AvgIpc) is 3.55. The summed E-state index contributed by atoms with van der Waals surface area (Å²) >= 11 is 0. The Labute approximate surface area is 244 Å². The van der Waals surface area contributed by atoms with Crippen molar-refractivity contribution >= 4 is 17.3 Å². The van der Waals surface area contributed by atoms with Gasteiger partial charge in [0.05, 0.1) is 23.9 Å². The summed E-state index contributed by atoms with van der Waals surface area (Å²) in [5.41, 5.74) is 4.45. The first-order valence-electron chi connectivity index (χ1n) is 15.7. The van der Waals surface area contributed by atoms with Crippen LogP contribution in [0.4, 0.5) is 0 Å². The molecule has 2 aromatic rings. The number of aryl methyl sites for hydroxylation is 3. The molecular weight excluding hydrogens is 508 g/mol. The van der Waals surface area contributed by atoms with Gasteiger partial charge in [-0.05, 0) is 62.5 Å². The van der Waals surface area contributed by atoms with Crippen LogP contribution in [0.5, 0.6) is 0 Å². The van der Waals surface area contributed by atoms with Crippen molar-refractivity contribution in [1.82, 2.24) is 0 Å². The molecule has 0 radical (unpaired) electrons. The molecule has 9 unspecified atom stereocenters. The fourth-order valence-electron chi connectivity index (χ4n) is 8.78. The van der Waals surface area contributed by atoms with Gasteiger partial charge in [0, 0.05) is 18.8 Å². The number of ether oxygens (including phenoxy) is 1. The summed E-state index contributed by atoms with van der Waals surface area (Å²) in [7, 11) is 0. The van der Waals surface area contributed by atoms with Crippen molar-refractivity contribution in [3.05, 3.63) is 82.4 Å². The molecule has 2 heterocycles.